The number of benzene rings is 1. The predicted molar refractivity (Wildman–Crippen MR) is 128 cm³/mol. The molecule has 0 unspecified atom stereocenters. The molecule has 0 saturated carbocycles. The Morgan fingerprint density at radius 3 is 2.56 bits per heavy atom. The molecule has 0 spiro atoms. The molecule has 190 valence electrons. The molecule has 0 aliphatic carbocycles. The van der Waals surface area contributed by atoms with E-state index in [1.807, 2.05) is 0 Å². The Bertz CT molecular complexity index is 1310. The molecule has 3 heterocycles. The Balaban J connectivity index is 1.77. The van der Waals surface area contributed by atoms with Gasteiger partial charge in [-0.1, -0.05) is 6.92 Å². The smallest absolute Gasteiger partial charge is 0.363 e. The van der Waals surface area contributed by atoms with Crippen LogP contribution in [0.1, 0.15) is 50.3 Å². The molecule has 1 fully saturated rings. The highest BCUT2D eigenvalue weighted by molar-refractivity contribution is 5.94. The van der Waals surface area contributed by atoms with Gasteiger partial charge in [0.15, 0.2) is 0 Å². The van der Waals surface area contributed by atoms with Gasteiger partial charge in [0.1, 0.15) is 11.6 Å². The molecule has 2 N–H and O–H groups in total. The summed E-state index contributed by atoms with van der Waals surface area (Å²) in [6.45, 7) is 4.93. The van der Waals surface area contributed by atoms with Gasteiger partial charge in [0.25, 0.3) is 5.69 Å². The molecular formula is C23H24F3N7O3. The van der Waals surface area contributed by atoms with Crippen molar-refractivity contribution >= 4 is 40.1 Å². The molecule has 1 aromatic carbocycles. The van der Waals surface area contributed by atoms with E-state index in [1.165, 1.54) is 0 Å². The average Bonchev–Trinajstić information content (AvgIpc) is 3.38. The number of nitrogens with zero attached hydrogens (tertiary/aromatic N) is 5. The van der Waals surface area contributed by atoms with Crippen molar-refractivity contribution < 1.29 is 22.9 Å². The summed E-state index contributed by atoms with van der Waals surface area (Å²) in [4.78, 5) is 37.7. The standard InChI is InChI=1S/C23H24F3N7O3/c1-3-20(34)30-22-29-18-12-27-19(32-6-4-5-7-32)11-17(18)21(31-22)28-13(2)14-8-15(23(24,25)26)10-16(9-14)33(35)36/h8-13H,3-7H2,1-2H3,(H2,28,29,30,31,34)/t13-/m1/s1. The van der Waals surface area contributed by atoms with Gasteiger partial charge < -0.3 is 10.2 Å². The van der Waals surface area contributed by atoms with E-state index in [0.29, 0.717) is 22.8 Å². The molecule has 1 amide bonds. The van der Waals surface area contributed by atoms with Crippen molar-refractivity contribution in [1.82, 2.24) is 15.0 Å². The second-order valence-electron chi connectivity index (χ2n) is 8.49. The number of non-ortho nitro benzene ring substituents is 1. The second-order valence-corrected chi connectivity index (χ2v) is 8.49. The summed E-state index contributed by atoms with van der Waals surface area (Å²) in [5.41, 5.74) is -1.32. The molecule has 1 aliphatic rings. The van der Waals surface area contributed by atoms with Gasteiger partial charge >= 0.3 is 6.18 Å². The lowest BCUT2D eigenvalue weighted by Gasteiger charge is -2.20. The van der Waals surface area contributed by atoms with Gasteiger partial charge in [-0.3, -0.25) is 20.2 Å². The Hall–Kier alpha value is -4.03. The van der Waals surface area contributed by atoms with Gasteiger partial charge in [-0.2, -0.15) is 18.2 Å². The van der Waals surface area contributed by atoms with Crippen molar-refractivity contribution in [2.75, 3.05) is 28.6 Å². The largest absolute Gasteiger partial charge is 0.416 e. The Morgan fingerprint density at radius 1 is 1.19 bits per heavy atom. The van der Waals surface area contributed by atoms with E-state index in [1.54, 1.807) is 26.1 Å². The van der Waals surface area contributed by atoms with Gasteiger partial charge in [0, 0.05) is 37.0 Å². The molecular weight excluding hydrogens is 479 g/mol. The summed E-state index contributed by atoms with van der Waals surface area (Å²) in [5, 5.41) is 17.5. The summed E-state index contributed by atoms with van der Waals surface area (Å²) in [6.07, 6.45) is -0.933. The first-order chi connectivity index (χ1) is 17.0. The maximum Gasteiger partial charge on any atom is 0.416 e. The predicted octanol–water partition coefficient (Wildman–Crippen LogP) is 5.07. The van der Waals surface area contributed by atoms with E-state index in [0.717, 1.165) is 38.1 Å². The number of pyridine rings is 1. The molecule has 1 saturated heterocycles. The Kier molecular flexibility index (Phi) is 6.91. The molecule has 3 aromatic rings. The minimum Gasteiger partial charge on any atom is -0.363 e. The zero-order chi connectivity index (χ0) is 26.0. The van der Waals surface area contributed by atoms with Crippen LogP contribution >= 0.6 is 0 Å². The van der Waals surface area contributed by atoms with Gasteiger partial charge in [0.05, 0.1) is 28.2 Å². The average molecular weight is 503 g/mol. The molecule has 1 aliphatic heterocycles. The molecule has 1 atom stereocenters. The van der Waals surface area contributed by atoms with Crippen LogP contribution < -0.4 is 15.5 Å². The van der Waals surface area contributed by atoms with E-state index in [9.17, 15) is 28.1 Å². The second kappa shape index (κ2) is 9.91. The third-order valence-corrected chi connectivity index (χ3v) is 5.90. The van der Waals surface area contributed by atoms with E-state index in [2.05, 4.69) is 30.5 Å². The van der Waals surface area contributed by atoms with Crippen molar-refractivity contribution in [3.8, 4) is 0 Å². The van der Waals surface area contributed by atoms with Crippen LogP contribution in [-0.4, -0.2) is 38.9 Å². The summed E-state index contributed by atoms with van der Waals surface area (Å²) >= 11 is 0. The first kappa shape index (κ1) is 25.1. The fourth-order valence-corrected chi connectivity index (χ4v) is 3.96. The van der Waals surface area contributed by atoms with Crippen LogP contribution in [0.4, 0.5) is 36.4 Å². The van der Waals surface area contributed by atoms with Crippen molar-refractivity contribution in [3.63, 3.8) is 0 Å². The maximum atomic E-state index is 13.4. The van der Waals surface area contributed by atoms with Crippen molar-refractivity contribution in [2.45, 2.75) is 45.3 Å². The number of amides is 1. The monoisotopic (exact) mass is 503 g/mol. The number of carbonyl (C=O) groups is 1. The third-order valence-electron chi connectivity index (χ3n) is 5.90. The number of nitrogens with one attached hydrogen (secondary N) is 2. The van der Waals surface area contributed by atoms with Crippen LogP contribution in [0, 0.1) is 10.1 Å². The lowest BCUT2D eigenvalue weighted by molar-refractivity contribution is -0.385. The number of rotatable bonds is 7. The lowest BCUT2D eigenvalue weighted by atomic mass is 10.0. The van der Waals surface area contributed by atoms with Crippen molar-refractivity contribution in [3.05, 3.63) is 51.7 Å². The highest BCUT2D eigenvalue weighted by atomic mass is 19.4. The summed E-state index contributed by atoms with van der Waals surface area (Å²) in [6, 6.07) is 3.44. The maximum absolute atomic E-state index is 13.4. The normalized spacial score (nSPS) is 14.6. The first-order valence-electron chi connectivity index (χ1n) is 11.4. The van der Waals surface area contributed by atoms with Gasteiger partial charge in [-0.25, -0.2) is 9.97 Å². The highest BCUT2D eigenvalue weighted by Crippen LogP contribution is 2.35. The highest BCUT2D eigenvalue weighted by Gasteiger charge is 2.33. The van der Waals surface area contributed by atoms with E-state index in [4.69, 9.17) is 0 Å². The fourth-order valence-electron chi connectivity index (χ4n) is 3.96. The summed E-state index contributed by atoms with van der Waals surface area (Å²) in [7, 11) is 0. The molecule has 13 heteroatoms. The number of hydrogen-bond acceptors (Lipinski definition) is 8. The Morgan fingerprint density at radius 2 is 1.92 bits per heavy atom. The zero-order valence-electron chi connectivity index (χ0n) is 19.6. The summed E-state index contributed by atoms with van der Waals surface area (Å²) < 4.78 is 40.2. The van der Waals surface area contributed by atoms with Crippen molar-refractivity contribution in [1.29, 1.82) is 0 Å². The number of alkyl halides is 3. The number of hydrogen-bond donors (Lipinski definition) is 2. The third kappa shape index (κ3) is 5.44. The number of fused-ring (bicyclic) bond motifs is 1. The van der Waals surface area contributed by atoms with Crippen LogP contribution in [-0.2, 0) is 11.0 Å². The molecule has 10 nitrogen and oxygen atoms in total. The SMILES string of the molecule is CCC(=O)Nc1nc(N[C@H](C)c2cc([N+](=O)[O-])cc(C(F)(F)F)c2)c2cc(N3CCCC3)ncc2n1. The minimum absolute atomic E-state index is 0.00907. The van der Waals surface area contributed by atoms with Crippen LogP contribution in [0.15, 0.2) is 30.5 Å². The number of nitro benzene ring substituents is 1. The van der Waals surface area contributed by atoms with Crippen LogP contribution in [0.3, 0.4) is 0 Å². The van der Waals surface area contributed by atoms with E-state index < -0.39 is 28.4 Å². The summed E-state index contributed by atoms with van der Waals surface area (Å²) in [5.74, 6) is 0.652. The lowest BCUT2D eigenvalue weighted by Crippen LogP contribution is -2.19. The molecule has 0 radical (unpaired) electrons. The number of halogens is 3. The van der Waals surface area contributed by atoms with Gasteiger partial charge in [0.2, 0.25) is 11.9 Å². The number of nitro groups is 1. The fraction of sp³-hybridized carbons (Fsp3) is 0.391. The number of aromatic nitrogens is 3. The number of carbonyl (C=O) groups excluding carboxylic acids is 1. The molecule has 0 bridgehead atoms. The Labute approximate surface area is 204 Å². The minimum atomic E-state index is -4.75. The van der Waals surface area contributed by atoms with E-state index >= 15 is 0 Å². The quantitative estimate of drug-likeness (QED) is 0.338. The van der Waals surface area contributed by atoms with Gasteiger partial charge in [-0.15, -0.1) is 0 Å². The van der Waals surface area contributed by atoms with Crippen LogP contribution in [0.5, 0.6) is 0 Å². The number of anilines is 3. The molecule has 4 rings (SSSR count). The van der Waals surface area contributed by atoms with E-state index in [-0.39, 0.29) is 29.7 Å². The topological polar surface area (TPSA) is 126 Å². The molecule has 2 aromatic heterocycles. The molecule has 36 heavy (non-hydrogen) atoms. The van der Waals surface area contributed by atoms with Crippen LogP contribution in [0.2, 0.25) is 0 Å². The first-order valence-corrected chi connectivity index (χ1v) is 11.4. The zero-order valence-corrected chi connectivity index (χ0v) is 19.6. The van der Waals surface area contributed by atoms with Crippen LogP contribution in [0.25, 0.3) is 10.9 Å². The van der Waals surface area contributed by atoms with Gasteiger partial charge in [-0.05, 0) is 37.5 Å². The van der Waals surface area contributed by atoms with Crippen molar-refractivity contribution in [2.24, 2.45) is 0 Å².